The maximum absolute atomic E-state index is 12.5. The van der Waals surface area contributed by atoms with Crippen LogP contribution in [0.2, 0.25) is 0 Å². The predicted molar refractivity (Wildman–Crippen MR) is 114 cm³/mol. The summed E-state index contributed by atoms with van der Waals surface area (Å²) in [6, 6.07) is 15.6. The summed E-state index contributed by atoms with van der Waals surface area (Å²) in [7, 11) is 0. The molecule has 0 atom stereocenters. The van der Waals surface area contributed by atoms with Crippen molar-refractivity contribution >= 4 is 29.9 Å². The molecule has 2 aromatic carbocycles. The minimum atomic E-state index is -0.0176. The number of aryl methyl sites for hydroxylation is 1. The zero-order chi connectivity index (χ0) is 19.2. The van der Waals surface area contributed by atoms with E-state index in [4.69, 9.17) is 5.73 Å². The lowest BCUT2D eigenvalue weighted by Crippen LogP contribution is -2.43. The molecule has 3 N–H and O–H groups in total. The van der Waals surface area contributed by atoms with Crippen LogP contribution in [0.15, 0.2) is 48.5 Å². The minimum Gasteiger partial charge on any atom is -0.399 e. The standard InChI is InChI=1S/C22H27N3O2.ClH/c1-16-2-4-18(5-3-16)15-24-22(27)19-10-12-25(13-11-19)21(26)14-17-6-8-20(23)9-7-17;/h2-9,19H,10-15,23H2,1H3,(H,24,27);1H. The van der Waals surface area contributed by atoms with E-state index in [1.54, 1.807) is 0 Å². The van der Waals surface area contributed by atoms with Crippen molar-refractivity contribution in [2.75, 3.05) is 18.8 Å². The number of rotatable bonds is 5. The number of nitrogens with two attached hydrogens (primary N) is 1. The van der Waals surface area contributed by atoms with Crippen LogP contribution in [0.1, 0.15) is 29.5 Å². The van der Waals surface area contributed by atoms with E-state index in [0.29, 0.717) is 44.6 Å². The molecule has 5 nitrogen and oxygen atoms in total. The van der Waals surface area contributed by atoms with Crippen LogP contribution < -0.4 is 11.1 Å². The van der Waals surface area contributed by atoms with Crippen molar-refractivity contribution < 1.29 is 9.59 Å². The summed E-state index contributed by atoms with van der Waals surface area (Å²) in [5, 5.41) is 3.02. The molecule has 0 radical (unpaired) electrons. The number of halogens is 1. The number of nitrogen functional groups attached to an aromatic ring is 1. The third-order valence-corrected chi connectivity index (χ3v) is 5.14. The topological polar surface area (TPSA) is 75.4 Å². The zero-order valence-electron chi connectivity index (χ0n) is 16.2. The fraction of sp³-hybridized carbons (Fsp3) is 0.364. The molecule has 1 fully saturated rings. The van der Waals surface area contributed by atoms with Gasteiger partial charge in [-0.3, -0.25) is 9.59 Å². The Morgan fingerprint density at radius 3 is 2.18 bits per heavy atom. The van der Waals surface area contributed by atoms with E-state index in [0.717, 1.165) is 11.1 Å². The van der Waals surface area contributed by atoms with Crippen molar-refractivity contribution in [2.45, 2.75) is 32.7 Å². The van der Waals surface area contributed by atoms with Crippen molar-refractivity contribution in [1.29, 1.82) is 0 Å². The van der Waals surface area contributed by atoms with Gasteiger partial charge in [0.05, 0.1) is 6.42 Å². The molecule has 2 aromatic rings. The Bertz CT molecular complexity index is 782. The summed E-state index contributed by atoms with van der Waals surface area (Å²) >= 11 is 0. The van der Waals surface area contributed by atoms with E-state index in [1.165, 1.54) is 5.56 Å². The smallest absolute Gasteiger partial charge is 0.226 e. The summed E-state index contributed by atoms with van der Waals surface area (Å²) in [5.74, 6) is 0.176. The number of likely N-dealkylation sites (tertiary alicyclic amines) is 1. The van der Waals surface area contributed by atoms with Gasteiger partial charge in [-0.25, -0.2) is 0 Å². The van der Waals surface area contributed by atoms with Gasteiger partial charge in [-0.1, -0.05) is 42.0 Å². The van der Waals surface area contributed by atoms with E-state index in [9.17, 15) is 9.59 Å². The maximum atomic E-state index is 12.5. The highest BCUT2D eigenvalue weighted by Crippen LogP contribution is 2.19. The zero-order valence-corrected chi connectivity index (χ0v) is 17.0. The molecule has 1 aliphatic heterocycles. The molecule has 150 valence electrons. The largest absolute Gasteiger partial charge is 0.399 e. The highest BCUT2D eigenvalue weighted by Gasteiger charge is 2.27. The number of piperidine rings is 1. The molecule has 0 spiro atoms. The van der Waals surface area contributed by atoms with Gasteiger partial charge in [0.15, 0.2) is 0 Å². The Morgan fingerprint density at radius 1 is 1.00 bits per heavy atom. The fourth-order valence-corrected chi connectivity index (χ4v) is 3.35. The number of anilines is 1. The van der Waals surface area contributed by atoms with Crippen LogP contribution in [0, 0.1) is 12.8 Å². The lowest BCUT2D eigenvalue weighted by molar-refractivity contribution is -0.135. The lowest BCUT2D eigenvalue weighted by atomic mass is 9.95. The summed E-state index contributed by atoms with van der Waals surface area (Å²) in [4.78, 5) is 26.7. The van der Waals surface area contributed by atoms with E-state index in [-0.39, 0.29) is 30.1 Å². The van der Waals surface area contributed by atoms with Gasteiger partial charge in [0.2, 0.25) is 11.8 Å². The molecule has 0 aliphatic carbocycles. The SMILES string of the molecule is Cc1ccc(CNC(=O)C2CCN(C(=O)Cc3ccc(N)cc3)CC2)cc1.Cl. The molecule has 28 heavy (non-hydrogen) atoms. The first-order valence-corrected chi connectivity index (χ1v) is 9.47. The van der Waals surface area contributed by atoms with E-state index >= 15 is 0 Å². The van der Waals surface area contributed by atoms with Crippen LogP contribution in [0.3, 0.4) is 0 Å². The molecular formula is C22H28ClN3O2. The number of benzene rings is 2. The molecule has 0 bridgehead atoms. The Labute approximate surface area is 172 Å². The predicted octanol–water partition coefficient (Wildman–Crippen LogP) is 3.10. The van der Waals surface area contributed by atoms with Crippen molar-refractivity contribution in [3.63, 3.8) is 0 Å². The Balaban J connectivity index is 0.00000280. The van der Waals surface area contributed by atoms with Gasteiger partial charge < -0.3 is 16.0 Å². The van der Waals surface area contributed by atoms with Crippen LogP contribution in [0.25, 0.3) is 0 Å². The summed E-state index contributed by atoms with van der Waals surface area (Å²) in [6.45, 7) is 3.87. The molecule has 0 aromatic heterocycles. The number of carbonyl (C=O) groups is 2. The van der Waals surface area contributed by atoms with E-state index in [1.807, 2.05) is 60.4 Å². The molecular weight excluding hydrogens is 374 g/mol. The first-order valence-electron chi connectivity index (χ1n) is 9.47. The monoisotopic (exact) mass is 401 g/mol. The number of hydrogen-bond acceptors (Lipinski definition) is 3. The second-order valence-corrected chi connectivity index (χ2v) is 7.28. The van der Waals surface area contributed by atoms with Crippen LogP contribution >= 0.6 is 12.4 Å². The van der Waals surface area contributed by atoms with Crippen molar-refractivity contribution in [2.24, 2.45) is 5.92 Å². The Morgan fingerprint density at radius 2 is 1.57 bits per heavy atom. The van der Waals surface area contributed by atoms with Gasteiger partial charge in [-0.15, -0.1) is 12.4 Å². The second kappa shape index (κ2) is 10.1. The van der Waals surface area contributed by atoms with Crippen molar-refractivity contribution in [3.8, 4) is 0 Å². The Hall–Kier alpha value is -2.53. The van der Waals surface area contributed by atoms with Crippen LogP contribution in [-0.2, 0) is 22.6 Å². The molecule has 1 aliphatic rings. The van der Waals surface area contributed by atoms with Crippen LogP contribution in [-0.4, -0.2) is 29.8 Å². The number of carbonyl (C=O) groups excluding carboxylic acids is 2. The molecule has 0 saturated carbocycles. The molecule has 1 heterocycles. The molecule has 6 heteroatoms. The van der Waals surface area contributed by atoms with E-state index < -0.39 is 0 Å². The van der Waals surface area contributed by atoms with Gasteiger partial charge >= 0.3 is 0 Å². The van der Waals surface area contributed by atoms with Gasteiger partial charge in [-0.2, -0.15) is 0 Å². The van der Waals surface area contributed by atoms with Gasteiger partial charge in [0.1, 0.15) is 0 Å². The second-order valence-electron chi connectivity index (χ2n) is 7.28. The molecule has 2 amide bonds. The highest BCUT2D eigenvalue weighted by molar-refractivity contribution is 5.85. The first-order chi connectivity index (χ1) is 13.0. The average Bonchev–Trinajstić information content (AvgIpc) is 2.69. The van der Waals surface area contributed by atoms with Crippen molar-refractivity contribution in [1.82, 2.24) is 10.2 Å². The van der Waals surface area contributed by atoms with Gasteiger partial charge in [0.25, 0.3) is 0 Å². The average molecular weight is 402 g/mol. The van der Waals surface area contributed by atoms with Crippen LogP contribution in [0.5, 0.6) is 0 Å². The van der Waals surface area contributed by atoms with Crippen LogP contribution in [0.4, 0.5) is 5.69 Å². The minimum absolute atomic E-state index is 0. The molecule has 3 rings (SSSR count). The fourth-order valence-electron chi connectivity index (χ4n) is 3.35. The van der Waals surface area contributed by atoms with Gasteiger partial charge in [-0.05, 0) is 43.0 Å². The summed E-state index contributed by atoms with van der Waals surface area (Å²) < 4.78 is 0. The normalized spacial score (nSPS) is 14.2. The number of hydrogen-bond donors (Lipinski definition) is 2. The summed E-state index contributed by atoms with van der Waals surface area (Å²) in [5.41, 5.74) is 9.65. The number of nitrogens with one attached hydrogen (secondary N) is 1. The quantitative estimate of drug-likeness (QED) is 0.756. The first kappa shape index (κ1) is 21.8. The highest BCUT2D eigenvalue weighted by atomic mass is 35.5. The number of amides is 2. The maximum Gasteiger partial charge on any atom is 0.226 e. The lowest BCUT2D eigenvalue weighted by Gasteiger charge is -2.31. The van der Waals surface area contributed by atoms with E-state index in [2.05, 4.69) is 5.32 Å². The number of nitrogens with zero attached hydrogens (tertiary/aromatic N) is 1. The Kier molecular flexibility index (Phi) is 7.88. The van der Waals surface area contributed by atoms with Crippen molar-refractivity contribution in [3.05, 3.63) is 65.2 Å². The molecule has 0 unspecified atom stereocenters. The summed E-state index contributed by atoms with van der Waals surface area (Å²) in [6.07, 6.45) is 1.81. The third kappa shape index (κ3) is 5.99. The third-order valence-electron chi connectivity index (χ3n) is 5.14. The molecule has 1 saturated heterocycles. The van der Waals surface area contributed by atoms with Gasteiger partial charge in [0, 0.05) is 31.2 Å².